The number of hydrogen-bond donors (Lipinski definition) is 1. The van der Waals surface area contributed by atoms with Gasteiger partial charge in [-0.2, -0.15) is 0 Å². The van der Waals surface area contributed by atoms with Crippen LogP contribution in [0.25, 0.3) is 5.57 Å². The molecule has 0 saturated carbocycles. The summed E-state index contributed by atoms with van der Waals surface area (Å²) in [6, 6.07) is 14.6. The van der Waals surface area contributed by atoms with Crippen molar-refractivity contribution in [1.29, 1.82) is 0 Å². The summed E-state index contributed by atoms with van der Waals surface area (Å²) in [6.45, 7) is 10.0. The van der Waals surface area contributed by atoms with Gasteiger partial charge in [-0.15, -0.1) is 0 Å². The summed E-state index contributed by atoms with van der Waals surface area (Å²) < 4.78 is 5.18. The van der Waals surface area contributed by atoms with Gasteiger partial charge in [-0.3, -0.25) is 9.69 Å². The van der Waals surface area contributed by atoms with Crippen molar-refractivity contribution >= 4 is 28.5 Å². The first kappa shape index (κ1) is 19.7. The molecule has 2 aliphatic heterocycles. The number of carbonyl (C=O) groups excluding carboxylic acids is 1. The Balaban J connectivity index is 1.49. The van der Waals surface area contributed by atoms with Crippen LogP contribution >= 0.6 is 0 Å². The quantitative estimate of drug-likeness (QED) is 0.750. The number of fused-ring (bicyclic) bond motifs is 1. The lowest BCUT2D eigenvalue weighted by Crippen LogP contribution is -2.40. The number of aryl methyl sites for hydroxylation is 1. The minimum atomic E-state index is -0.0436. The average Bonchev–Trinajstić information content (AvgIpc) is 2.98. The number of piperidine rings is 1. The van der Waals surface area contributed by atoms with Crippen LogP contribution < -0.4 is 10.2 Å². The van der Waals surface area contributed by atoms with Gasteiger partial charge in [-0.05, 0) is 49.6 Å². The molecule has 1 saturated heterocycles. The minimum absolute atomic E-state index is 0.0436. The highest BCUT2D eigenvalue weighted by Gasteiger charge is 2.33. The van der Waals surface area contributed by atoms with Gasteiger partial charge in [0.1, 0.15) is 0 Å². The van der Waals surface area contributed by atoms with Gasteiger partial charge in [0.25, 0.3) is 5.91 Å². The Morgan fingerprint density at radius 1 is 1.14 bits per heavy atom. The number of nitrogens with one attached hydrogen (secondary N) is 1. The number of rotatable bonds is 6. The third-order valence-electron chi connectivity index (χ3n) is 5.95. The van der Waals surface area contributed by atoms with Crippen LogP contribution in [-0.4, -0.2) is 50.2 Å². The summed E-state index contributed by atoms with van der Waals surface area (Å²) in [5, 5.41) is 3.66. The molecular weight excluding hydrogens is 362 g/mol. The number of anilines is 3. The molecule has 1 N–H and O–H groups in total. The van der Waals surface area contributed by atoms with Crippen LogP contribution in [0.2, 0.25) is 0 Å². The Morgan fingerprint density at radius 2 is 1.90 bits per heavy atom. The predicted octanol–water partition coefficient (Wildman–Crippen LogP) is 4.21. The molecule has 0 bridgehead atoms. The van der Waals surface area contributed by atoms with Crippen molar-refractivity contribution in [1.82, 2.24) is 4.90 Å². The number of amides is 1. The molecule has 1 amide bonds. The van der Waals surface area contributed by atoms with Crippen molar-refractivity contribution in [2.75, 3.05) is 43.6 Å². The highest BCUT2D eigenvalue weighted by atomic mass is 16.5. The molecule has 2 aliphatic rings. The van der Waals surface area contributed by atoms with E-state index in [0.717, 1.165) is 67.3 Å². The summed E-state index contributed by atoms with van der Waals surface area (Å²) in [6.07, 6.45) is 2.21. The molecule has 5 heteroatoms. The Labute approximate surface area is 173 Å². The third kappa shape index (κ3) is 3.93. The normalized spacial score (nSPS) is 17.7. The predicted molar refractivity (Wildman–Crippen MR) is 119 cm³/mol. The van der Waals surface area contributed by atoms with Crippen molar-refractivity contribution in [3.05, 3.63) is 60.2 Å². The molecule has 2 heterocycles. The van der Waals surface area contributed by atoms with Gasteiger partial charge >= 0.3 is 0 Å². The van der Waals surface area contributed by atoms with Crippen molar-refractivity contribution in [2.24, 2.45) is 0 Å². The molecule has 0 spiro atoms. The highest BCUT2D eigenvalue weighted by molar-refractivity contribution is 6.34. The van der Waals surface area contributed by atoms with Crippen molar-refractivity contribution in [3.63, 3.8) is 0 Å². The second-order valence-electron chi connectivity index (χ2n) is 7.89. The van der Waals surface area contributed by atoms with Gasteiger partial charge in [0.15, 0.2) is 0 Å². The van der Waals surface area contributed by atoms with E-state index in [1.807, 2.05) is 37.3 Å². The first-order valence-electron chi connectivity index (χ1n) is 10.3. The number of para-hydroxylation sites is 1. The third-order valence-corrected chi connectivity index (χ3v) is 5.95. The number of carbonyl (C=O) groups is 1. The van der Waals surface area contributed by atoms with Crippen LogP contribution in [-0.2, 0) is 9.53 Å². The van der Waals surface area contributed by atoms with E-state index >= 15 is 0 Å². The lowest BCUT2D eigenvalue weighted by Gasteiger charge is -2.32. The molecule has 0 radical (unpaired) electrons. The zero-order chi connectivity index (χ0) is 20.4. The molecule has 4 rings (SSSR count). The maximum Gasteiger partial charge on any atom is 0.262 e. The molecule has 0 unspecified atom stereocenters. The topological polar surface area (TPSA) is 44.8 Å². The molecular formula is C24H29N3O2. The smallest absolute Gasteiger partial charge is 0.262 e. The summed E-state index contributed by atoms with van der Waals surface area (Å²) >= 11 is 0. The van der Waals surface area contributed by atoms with Gasteiger partial charge in [-0.25, -0.2) is 0 Å². The van der Waals surface area contributed by atoms with Gasteiger partial charge in [-0.1, -0.05) is 24.8 Å². The summed E-state index contributed by atoms with van der Waals surface area (Å²) in [5.74, 6) is -0.0436. The van der Waals surface area contributed by atoms with Crippen LogP contribution in [0.1, 0.15) is 24.0 Å². The zero-order valence-electron chi connectivity index (χ0n) is 17.3. The zero-order valence-corrected chi connectivity index (χ0v) is 17.3. The Hall–Kier alpha value is -2.63. The van der Waals surface area contributed by atoms with E-state index in [2.05, 4.69) is 28.9 Å². The Bertz CT molecular complexity index is 916. The largest absolute Gasteiger partial charge is 0.383 e. The van der Waals surface area contributed by atoms with E-state index in [4.69, 9.17) is 4.74 Å². The van der Waals surface area contributed by atoms with E-state index in [1.165, 1.54) is 0 Å². The number of benzene rings is 2. The van der Waals surface area contributed by atoms with Gasteiger partial charge < -0.3 is 15.0 Å². The summed E-state index contributed by atoms with van der Waals surface area (Å²) in [7, 11) is 1.75. The number of nitrogens with zero attached hydrogens (tertiary/aromatic N) is 2. The molecule has 29 heavy (non-hydrogen) atoms. The Kier molecular flexibility index (Phi) is 5.69. The lowest BCUT2D eigenvalue weighted by molar-refractivity contribution is -0.112. The molecule has 152 valence electrons. The monoisotopic (exact) mass is 391 g/mol. The van der Waals surface area contributed by atoms with E-state index in [1.54, 1.807) is 12.0 Å². The number of hydrogen-bond acceptors (Lipinski definition) is 4. The van der Waals surface area contributed by atoms with Crippen LogP contribution in [0.5, 0.6) is 0 Å². The molecule has 0 atom stereocenters. The van der Waals surface area contributed by atoms with E-state index in [9.17, 15) is 4.79 Å². The highest BCUT2D eigenvalue weighted by Crippen LogP contribution is 2.43. The molecule has 2 aromatic carbocycles. The summed E-state index contributed by atoms with van der Waals surface area (Å²) in [5.41, 5.74) is 5.43. The molecule has 1 fully saturated rings. The standard InChI is InChI=1S/C24H29N3O2/c1-17-6-4-5-7-22(17)27-23-9-8-20(16-21(23)18(2)24(27)28)25-19-10-12-26(13-11-19)14-15-29-3/h4-9,16,19,25H,2,10-15H2,1,3H3. The van der Waals surface area contributed by atoms with Crippen LogP contribution in [0, 0.1) is 6.92 Å². The maximum absolute atomic E-state index is 12.9. The Morgan fingerprint density at radius 3 is 2.62 bits per heavy atom. The van der Waals surface area contributed by atoms with Gasteiger partial charge in [0.05, 0.1) is 18.0 Å². The lowest BCUT2D eigenvalue weighted by atomic mass is 10.0. The van der Waals surface area contributed by atoms with Gasteiger partial charge in [0.2, 0.25) is 0 Å². The SMILES string of the molecule is C=C1C(=O)N(c2ccccc2C)c2ccc(NC3CCN(CCOC)CC3)cc21. The van der Waals surface area contributed by atoms with Crippen LogP contribution in [0.4, 0.5) is 17.1 Å². The van der Waals surface area contributed by atoms with Crippen LogP contribution in [0.15, 0.2) is 49.0 Å². The molecule has 0 aromatic heterocycles. The second-order valence-corrected chi connectivity index (χ2v) is 7.89. The first-order valence-corrected chi connectivity index (χ1v) is 10.3. The van der Waals surface area contributed by atoms with E-state index < -0.39 is 0 Å². The molecule has 5 nitrogen and oxygen atoms in total. The fourth-order valence-electron chi connectivity index (χ4n) is 4.23. The molecule has 0 aliphatic carbocycles. The van der Waals surface area contributed by atoms with Crippen LogP contribution in [0.3, 0.4) is 0 Å². The number of likely N-dealkylation sites (tertiary alicyclic amines) is 1. The number of methoxy groups -OCH3 is 1. The van der Waals surface area contributed by atoms with Crippen molar-refractivity contribution < 1.29 is 9.53 Å². The maximum atomic E-state index is 12.9. The van der Waals surface area contributed by atoms with E-state index in [0.29, 0.717) is 11.6 Å². The van der Waals surface area contributed by atoms with Crippen molar-refractivity contribution in [2.45, 2.75) is 25.8 Å². The summed E-state index contributed by atoms with van der Waals surface area (Å²) in [4.78, 5) is 17.2. The minimum Gasteiger partial charge on any atom is -0.383 e. The van der Waals surface area contributed by atoms with Gasteiger partial charge in [0, 0.05) is 49.6 Å². The number of ether oxygens (including phenoxy) is 1. The molecule has 2 aromatic rings. The van der Waals surface area contributed by atoms with Crippen molar-refractivity contribution in [3.8, 4) is 0 Å². The second kappa shape index (κ2) is 8.39. The fraction of sp³-hybridized carbons (Fsp3) is 0.375. The fourth-order valence-corrected chi connectivity index (χ4v) is 4.23. The average molecular weight is 392 g/mol. The van der Waals surface area contributed by atoms with E-state index in [-0.39, 0.29) is 5.91 Å². The first-order chi connectivity index (χ1) is 14.1.